The van der Waals surface area contributed by atoms with E-state index in [9.17, 15) is 9.59 Å². The molecule has 0 saturated carbocycles. The van der Waals surface area contributed by atoms with Crippen molar-refractivity contribution in [2.24, 2.45) is 5.92 Å². The van der Waals surface area contributed by atoms with Crippen molar-refractivity contribution >= 4 is 23.2 Å². The third-order valence-electron chi connectivity index (χ3n) is 5.00. The minimum absolute atomic E-state index is 0.191. The zero-order chi connectivity index (χ0) is 19.4. The SMILES string of the molecule is CCN(CC)Cc1ccc(C(=O)NNC(=O)c2cc3c(s2)CCC(C)C3)o1. The number of fused-ring (bicyclic) bond motifs is 1. The Balaban J connectivity index is 1.55. The van der Waals surface area contributed by atoms with Gasteiger partial charge in [-0.3, -0.25) is 25.3 Å². The molecule has 0 spiro atoms. The highest BCUT2D eigenvalue weighted by Crippen LogP contribution is 2.32. The lowest BCUT2D eigenvalue weighted by Crippen LogP contribution is -2.41. The normalized spacial score (nSPS) is 16.2. The maximum absolute atomic E-state index is 12.4. The lowest BCUT2D eigenvalue weighted by Gasteiger charge is -2.16. The number of hydrazine groups is 1. The van der Waals surface area contributed by atoms with Crippen molar-refractivity contribution in [1.82, 2.24) is 15.8 Å². The Labute approximate surface area is 163 Å². The van der Waals surface area contributed by atoms with Gasteiger partial charge in [0.1, 0.15) is 5.76 Å². The van der Waals surface area contributed by atoms with E-state index in [-0.39, 0.29) is 11.7 Å². The zero-order valence-electron chi connectivity index (χ0n) is 16.1. The highest BCUT2D eigenvalue weighted by molar-refractivity contribution is 7.14. The van der Waals surface area contributed by atoms with Crippen LogP contribution in [0.3, 0.4) is 0 Å². The van der Waals surface area contributed by atoms with E-state index in [0.29, 0.717) is 17.3 Å². The molecule has 1 unspecified atom stereocenters. The van der Waals surface area contributed by atoms with Crippen molar-refractivity contribution in [3.8, 4) is 0 Å². The van der Waals surface area contributed by atoms with E-state index in [1.807, 2.05) is 6.07 Å². The number of furan rings is 1. The molecule has 2 N–H and O–H groups in total. The van der Waals surface area contributed by atoms with Gasteiger partial charge in [-0.15, -0.1) is 11.3 Å². The van der Waals surface area contributed by atoms with E-state index in [2.05, 4.69) is 36.5 Å². The van der Waals surface area contributed by atoms with Gasteiger partial charge in [-0.25, -0.2) is 0 Å². The topological polar surface area (TPSA) is 74.6 Å². The van der Waals surface area contributed by atoms with Crippen molar-refractivity contribution in [3.63, 3.8) is 0 Å². The van der Waals surface area contributed by atoms with Gasteiger partial charge >= 0.3 is 5.91 Å². The molecule has 3 rings (SSSR count). The molecule has 0 aliphatic heterocycles. The predicted octanol–water partition coefficient (Wildman–Crippen LogP) is 3.38. The minimum atomic E-state index is -0.455. The number of carbonyl (C=O) groups is 2. The predicted molar refractivity (Wildman–Crippen MR) is 106 cm³/mol. The molecule has 146 valence electrons. The summed E-state index contributed by atoms with van der Waals surface area (Å²) in [5, 5.41) is 0. The van der Waals surface area contributed by atoms with Crippen molar-refractivity contribution in [1.29, 1.82) is 0 Å². The second-order valence-corrected chi connectivity index (χ2v) is 8.18. The molecule has 0 saturated heterocycles. The van der Waals surface area contributed by atoms with Crippen LogP contribution in [0, 0.1) is 5.92 Å². The molecule has 0 bridgehead atoms. The van der Waals surface area contributed by atoms with Gasteiger partial charge in [0, 0.05) is 4.88 Å². The molecule has 2 aromatic rings. The van der Waals surface area contributed by atoms with E-state index in [4.69, 9.17) is 4.42 Å². The van der Waals surface area contributed by atoms with Crippen LogP contribution in [0.5, 0.6) is 0 Å². The maximum Gasteiger partial charge on any atom is 0.305 e. The van der Waals surface area contributed by atoms with Gasteiger partial charge in [0.05, 0.1) is 11.4 Å². The molecule has 7 heteroatoms. The number of aryl methyl sites for hydroxylation is 1. The van der Waals surface area contributed by atoms with E-state index < -0.39 is 5.91 Å². The molecular weight excluding hydrogens is 362 g/mol. The van der Waals surface area contributed by atoms with Crippen LogP contribution in [-0.2, 0) is 19.4 Å². The number of rotatable bonds is 6. The van der Waals surface area contributed by atoms with Crippen molar-refractivity contribution in [3.05, 3.63) is 45.0 Å². The van der Waals surface area contributed by atoms with Crippen molar-refractivity contribution in [2.75, 3.05) is 13.1 Å². The highest BCUT2D eigenvalue weighted by Gasteiger charge is 2.21. The molecular formula is C20H27N3O3S. The second-order valence-electron chi connectivity index (χ2n) is 7.04. The monoisotopic (exact) mass is 389 g/mol. The summed E-state index contributed by atoms with van der Waals surface area (Å²) in [7, 11) is 0. The second kappa shape index (κ2) is 8.71. The molecule has 27 heavy (non-hydrogen) atoms. The zero-order valence-corrected chi connectivity index (χ0v) is 16.9. The van der Waals surface area contributed by atoms with E-state index in [0.717, 1.165) is 31.7 Å². The molecule has 1 aliphatic rings. The Morgan fingerprint density at radius 1 is 1.22 bits per heavy atom. The molecule has 1 aliphatic carbocycles. The van der Waals surface area contributed by atoms with Gasteiger partial charge < -0.3 is 4.42 Å². The fourth-order valence-electron chi connectivity index (χ4n) is 3.31. The van der Waals surface area contributed by atoms with Gasteiger partial charge in [0.15, 0.2) is 5.76 Å². The Kier molecular flexibility index (Phi) is 6.34. The Bertz CT molecular complexity index is 807. The maximum atomic E-state index is 12.4. The largest absolute Gasteiger partial charge is 0.454 e. The molecule has 1 atom stereocenters. The third-order valence-corrected chi connectivity index (χ3v) is 6.24. The van der Waals surface area contributed by atoms with Crippen LogP contribution in [0.25, 0.3) is 0 Å². The Hall–Kier alpha value is -2.12. The summed E-state index contributed by atoms with van der Waals surface area (Å²) in [6, 6.07) is 5.38. The van der Waals surface area contributed by atoms with Crippen LogP contribution in [-0.4, -0.2) is 29.8 Å². The van der Waals surface area contributed by atoms with E-state index in [1.54, 1.807) is 12.1 Å². The standard InChI is InChI=1S/C20H27N3O3S/c1-4-23(5-2)12-15-7-8-16(26-15)19(24)21-22-20(25)18-11-14-10-13(3)6-9-17(14)27-18/h7-8,11,13H,4-6,9-10,12H2,1-3H3,(H,21,24)(H,22,25). The molecule has 0 fully saturated rings. The van der Waals surface area contributed by atoms with Crippen LogP contribution >= 0.6 is 11.3 Å². The van der Waals surface area contributed by atoms with E-state index >= 15 is 0 Å². The van der Waals surface area contributed by atoms with Crippen LogP contribution in [0.15, 0.2) is 22.6 Å². The quantitative estimate of drug-likeness (QED) is 0.743. The smallest absolute Gasteiger partial charge is 0.305 e. The average molecular weight is 390 g/mol. The summed E-state index contributed by atoms with van der Waals surface area (Å²) in [5.74, 6) is 0.841. The van der Waals surface area contributed by atoms with Gasteiger partial charge in [-0.05, 0) is 62.0 Å². The lowest BCUT2D eigenvalue weighted by atomic mass is 9.90. The fourth-order valence-corrected chi connectivity index (χ4v) is 4.41. The first kappa shape index (κ1) is 19.6. The van der Waals surface area contributed by atoms with Crippen LogP contribution in [0.2, 0.25) is 0 Å². The Morgan fingerprint density at radius 2 is 1.96 bits per heavy atom. The third kappa shape index (κ3) is 4.78. The molecule has 0 aromatic carbocycles. The van der Waals surface area contributed by atoms with Gasteiger partial charge in [0.2, 0.25) is 0 Å². The van der Waals surface area contributed by atoms with Gasteiger partial charge in [0.25, 0.3) is 5.91 Å². The molecule has 6 nitrogen and oxygen atoms in total. The summed E-state index contributed by atoms with van der Waals surface area (Å²) >= 11 is 1.52. The first-order valence-corrected chi connectivity index (χ1v) is 10.3. The minimum Gasteiger partial charge on any atom is -0.454 e. The van der Waals surface area contributed by atoms with Crippen molar-refractivity contribution < 1.29 is 14.0 Å². The number of carbonyl (C=O) groups excluding carboxylic acids is 2. The van der Waals surface area contributed by atoms with Crippen molar-refractivity contribution in [2.45, 2.75) is 46.6 Å². The van der Waals surface area contributed by atoms with Crippen LogP contribution in [0.1, 0.15) is 63.6 Å². The van der Waals surface area contributed by atoms with Crippen LogP contribution in [0.4, 0.5) is 0 Å². The molecule has 2 heterocycles. The van der Waals surface area contributed by atoms with Crippen LogP contribution < -0.4 is 10.9 Å². The summed E-state index contributed by atoms with van der Waals surface area (Å²) in [4.78, 5) is 28.7. The van der Waals surface area contributed by atoms with Gasteiger partial charge in [-0.2, -0.15) is 0 Å². The molecule has 2 amide bonds. The highest BCUT2D eigenvalue weighted by atomic mass is 32.1. The molecule has 2 aromatic heterocycles. The Morgan fingerprint density at radius 3 is 2.70 bits per heavy atom. The number of nitrogens with one attached hydrogen (secondary N) is 2. The number of hydrogen-bond donors (Lipinski definition) is 2. The number of hydrogen-bond acceptors (Lipinski definition) is 5. The summed E-state index contributed by atoms with van der Waals surface area (Å²) < 4.78 is 5.59. The average Bonchev–Trinajstić information content (AvgIpc) is 3.30. The number of nitrogens with zero attached hydrogens (tertiary/aromatic N) is 1. The fraction of sp³-hybridized carbons (Fsp3) is 0.500. The van der Waals surface area contributed by atoms with Gasteiger partial charge in [-0.1, -0.05) is 20.8 Å². The first-order chi connectivity index (χ1) is 13.0. The molecule has 0 radical (unpaired) electrons. The number of thiophene rings is 1. The summed E-state index contributed by atoms with van der Waals surface area (Å²) in [5.41, 5.74) is 6.20. The lowest BCUT2D eigenvalue weighted by molar-refractivity contribution is 0.0830. The summed E-state index contributed by atoms with van der Waals surface area (Å²) in [6.45, 7) is 8.89. The summed E-state index contributed by atoms with van der Waals surface area (Å²) in [6.07, 6.45) is 3.22. The van der Waals surface area contributed by atoms with E-state index in [1.165, 1.54) is 28.2 Å². The first-order valence-electron chi connectivity index (χ1n) is 9.53. The number of amides is 2.